The summed E-state index contributed by atoms with van der Waals surface area (Å²) in [5, 5.41) is 15.2. The van der Waals surface area contributed by atoms with E-state index in [9.17, 15) is 14.9 Å². The Kier molecular flexibility index (Phi) is 11.5. The largest absolute Gasteiger partial charge is 0.450 e. The van der Waals surface area contributed by atoms with Crippen molar-refractivity contribution in [2.24, 2.45) is 10.4 Å². The molecule has 35 heavy (non-hydrogen) atoms. The van der Waals surface area contributed by atoms with E-state index in [0.29, 0.717) is 39.1 Å². The van der Waals surface area contributed by atoms with E-state index >= 15 is 0 Å². The molecule has 2 atom stereocenters. The second kappa shape index (κ2) is 14.3. The zero-order valence-corrected chi connectivity index (χ0v) is 21.4. The number of nitriles is 1. The maximum atomic E-state index is 13.3. The summed E-state index contributed by atoms with van der Waals surface area (Å²) >= 11 is 0. The minimum atomic E-state index is -0.778. The van der Waals surface area contributed by atoms with Crippen LogP contribution in [-0.2, 0) is 20.7 Å². The van der Waals surface area contributed by atoms with Crippen LogP contribution in [0.25, 0.3) is 0 Å². The smallest absolute Gasteiger partial charge is 0.413 e. The lowest BCUT2D eigenvalue weighted by atomic mass is 9.88. The minimum Gasteiger partial charge on any atom is -0.450 e. The number of morpholine rings is 1. The lowest BCUT2D eigenvalue weighted by Gasteiger charge is -2.31. The number of carbonyl (C=O) groups is 2. The van der Waals surface area contributed by atoms with E-state index in [-0.39, 0.29) is 23.9 Å². The van der Waals surface area contributed by atoms with E-state index < -0.39 is 18.2 Å². The number of ether oxygens (including phenoxy) is 2. The summed E-state index contributed by atoms with van der Waals surface area (Å²) in [7, 11) is 0. The molecule has 1 heterocycles. The molecule has 2 amide bonds. The molecular weight excluding hydrogens is 446 g/mol. The van der Waals surface area contributed by atoms with Crippen molar-refractivity contribution in [3.8, 4) is 6.07 Å². The van der Waals surface area contributed by atoms with Crippen LogP contribution in [0.3, 0.4) is 0 Å². The minimum absolute atomic E-state index is 0.207. The van der Waals surface area contributed by atoms with Gasteiger partial charge in [-0.3, -0.25) is 10.1 Å². The fourth-order valence-corrected chi connectivity index (χ4v) is 3.74. The third-order valence-corrected chi connectivity index (χ3v) is 5.46. The molecule has 1 fully saturated rings. The average Bonchev–Trinajstić information content (AvgIpc) is 2.83. The first-order valence-electron chi connectivity index (χ1n) is 12.3. The van der Waals surface area contributed by atoms with Gasteiger partial charge < -0.3 is 19.7 Å². The van der Waals surface area contributed by atoms with E-state index in [2.05, 4.69) is 33.8 Å². The molecule has 1 aliphatic rings. The summed E-state index contributed by atoms with van der Waals surface area (Å²) in [4.78, 5) is 32.0. The van der Waals surface area contributed by atoms with E-state index in [0.717, 1.165) is 12.8 Å². The van der Waals surface area contributed by atoms with Crippen molar-refractivity contribution in [2.45, 2.75) is 65.5 Å². The first-order chi connectivity index (χ1) is 16.7. The molecule has 0 radical (unpaired) electrons. The number of amides is 2. The second-order valence-electron chi connectivity index (χ2n) is 9.75. The van der Waals surface area contributed by atoms with Gasteiger partial charge in [0.2, 0.25) is 11.9 Å². The average molecular weight is 486 g/mol. The van der Waals surface area contributed by atoms with E-state index in [4.69, 9.17) is 9.47 Å². The Morgan fingerprint density at radius 3 is 2.51 bits per heavy atom. The van der Waals surface area contributed by atoms with Crippen LogP contribution in [-0.4, -0.2) is 67.9 Å². The van der Waals surface area contributed by atoms with Crippen LogP contribution in [0, 0.1) is 16.7 Å². The van der Waals surface area contributed by atoms with Crippen LogP contribution in [0.4, 0.5) is 4.79 Å². The molecule has 0 spiro atoms. The molecule has 1 aliphatic heterocycles. The zero-order chi connectivity index (χ0) is 25.7. The third kappa shape index (κ3) is 10.8. The van der Waals surface area contributed by atoms with Gasteiger partial charge in [0.25, 0.3) is 0 Å². The van der Waals surface area contributed by atoms with Gasteiger partial charge in [0, 0.05) is 13.1 Å². The summed E-state index contributed by atoms with van der Waals surface area (Å²) in [6.45, 7) is 10.1. The van der Waals surface area contributed by atoms with E-state index in [1.807, 2.05) is 43.9 Å². The van der Waals surface area contributed by atoms with E-state index in [1.54, 1.807) is 6.92 Å². The number of hydrogen-bond acceptors (Lipinski definition) is 6. The standard InChI is InChI=1S/C26H39N5O4/c1-5-35-25(33)30-24(31-14-16-34-17-15-31)29-22(18-26(2,3)4)23(32)28-21(19-27)13-9-12-20-10-7-6-8-11-20/h6-8,10-11,21-22H,5,9,12-18H2,1-4H3,(H,28,32)(H,29,30,33)/t21-,22-/m0/s1. The van der Waals surface area contributed by atoms with Crippen molar-refractivity contribution in [1.29, 1.82) is 5.26 Å². The van der Waals surface area contributed by atoms with Gasteiger partial charge in [-0.05, 0) is 43.6 Å². The number of aryl methyl sites for hydroxylation is 1. The number of aliphatic imine (C=N–C) groups is 1. The molecule has 0 aliphatic carbocycles. The molecule has 9 heteroatoms. The van der Waals surface area contributed by atoms with Crippen molar-refractivity contribution >= 4 is 18.0 Å². The van der Waals surface area contributed by atoms with Gasteiger partial charge in [-0.25, -0.2) is 9.79 Å². The SMILES string of the molecule is CCOC(=O)NC(=N[C@@H](CC(C)(C)C)C(=O)N[C@H](C#N)CCCc1ccccc1)N1CCOCC1. The quantitative estimate of drug-likeness (QED) is 0.410. The zero-order valence-electron chi connectivity index (χ0n) is 21.4. The molecule has 1 saturated heterocycles. The number of alkyl carbamates (subject to hydrolysis) is 1. The number of guanidine groups is 1. The van der Waals surface area contributed by atoms with Gasteiger partial charge in [-0.15, -0.1) is 0 Å². The van der Waals surface area contributed by atoms with Crippen LogP contribution >= 0.6 is 0 Å². The molecule has 1 aromatic rings. The number of hydrogen-bond donors (Lipinski definition) is 2. The summed E-state index contributed by atoms with van der Waals surface area (Å²) in [6, 6.07) is 10.9. The van der Waals surface area contributed by atoms with Crippen molar-refractivity contribution < 1.29 is 19.1 Å². The number of rotatable bonds is 9. The lowest BCUT2D eigenvalue weighted by molar-refractivity contribution is -0.123. The van der Waals surface area contributed by atoms with Crippen LogP contribution in [0.15, 0.2) is 35.3 Å². The fraction of sp³-hybridized carbons (Fsp3) is 0.615. The first-order valence-corrected chi connectivity index (χ1v) is 12.3. The molecule has 2 N–H and O–H groups in total. The van der Waals surface area contributed by atoms with Crippen LogP contribution in [0.2, 0.25) is 0 Å². The van der Waals surface area contributed by atoms with Gasteiger partial charge in [0.15, 0.2) is 0 Å². The summed E-state index contributed by atoms with van der Waals surface area (Å²) in [6.07, 6.45) is 1.98. The Hall–Kier alpha value is -3.12. The normalized spacial score (nSPS) is 16.1. The third-order valence-electron chi connectivity index (χ3n) is 5.46. The van der Waals surface area contributed by atoms with Crippen LogP contribution in [0.1, 0.15) is 52.5 Å². The molecule has 0 unspecified atom stereocenters. The molecule has 0 bridgehead atoms. The van der Waals surface area contributed by atoms with E-state index in [1.165, 1.54) is 5.56 Å². The molecule has 9 nitrogen and oxygen atoms in total. The maximum Gasteiger partial charge on any atom is 0.413 e. The fourth-order valence-electron chi connectivity index (χ4n) is 3.74. The van der Waals surface area contributed by atoms with Crippen molar-refractivity contribution in [2.75, 3.05) is 32.9 Å². The van der Waals surface area contributed by atoms with Gasteiger partial charge in [-0.1, -0.05) is 51.1 Å². The summed E-state index contributed by atoms with van der Waals surface area (Å²) in [5.74, 6) is -0.0451. The van der Waals surface area contributed by atoms with Crippen LogP contribution in [0.5, 0.6) is 0 Å². The number of carbonyl (C=O) groups excluding carboxylic acids is 2. The molecule has 2 rings (SSSR count). The van der Waals surface area contributed by atoms with Crippen molar-refractivity contribution in [1.82, 2.24) is 15.5 Å². The Morgan fingerprint density at radius 1 is 1.23 bits per heavy atom. The summed E-state index contributed by atoms with van der Waals surface area (Å²) in [5.41, 5.74) is 0.993. The molecule has 0 saturated carbocycles. The highest BCUT2D eigenvalue weighted by Crippen LogP contribution is 2.23. The van der Waals surface area contributed by atoms with Crippen molar-refractivity contribution in [3.05, 3.63) is 35.9 Å². The Bertz CT molecular complexity index is 870. The number of benzene rings is 1. The Balaban J connectivity index is 2.14. The number of nitrogens with one attached hydrogen (secondary N) is 2. The maximum absolute atomic E-state index is 13.3. The van der Waals surface area contributed by atoms with Gasteiger partial charge in [-0.2, -0.15) is 5.26 Å². The molecule has 192 valence electrons. The number of nitrogens with zero attached hydrogens (tertiary/aromatic N) is 3. The molecule has 0 aromatic heterocycles. The second-order valence-corrected chi connectivity index (χ2v) is 9.75. The van der Waals surface area contributed by atoms with Crippen molar-refractivity contribution in [3.63, 3.8) is 0 Å². The predicted octanol–water partition coefficient (Wildman–Crippen LogP) is 3.26. The first kappa shape index (κ1) is 28.1. The topological polar surface area (TPSA) is 116 Å². The van der Waals surface area contributed by atoms with Gasteiger partial charge >= 0.3 is 6.09 Å². The highest BCUT2D eigenvalue weighted by Gasteiger charge is 2.29. The molecule has 1 aromatic carbocycles. The van der Waals surface area contributed by atoms with Crippen LogP contribution < -0.4 is 10.6 Å². The Labute approximate surface area is 208 Å². The lowest BCUT2D eigenvalue weighted by Crippen LogP contribution is -2.51. The highest BCUT2D eigenvalue weighted by atomic mass is 16.5. The van der Waals surface area contributed by atoms with Gasteiger partial charge in [0.05, 0.1) is 25.9 Å². The van der Waals surface area contributed by atoms with Gasteiger partial charge in [0.1, 0.15) is 12.1 Å². The molecular formula is C26H39N5O4. The Morgan fingerprint density at radius 2 is 1.91 bits per heavy atom. The highest BCUT2D eigenvalue weighted by molar-refractivity contribution is 5.96. The predicted molar refractivity (Wildman–Crippen MR) is 135 cm³/mol. The summed E-state index contributed by atoms with van der Waals surface area (Å²) < 4.78 is 10.5. The monoisotopic (exact) mass is 485 g/mol.